The lowest BCUT2D eigenvalue weighted by Gasteiger charge is -2.43. The molecular formula is C14H29NO2. The molecule has 0 bridgehead atoms. The first kappa shape index (κ1) is 14.9. The molecule has 0 heterocycles. The average molecular weight is 243 g/mol. The van der Waals surface area contributed by atoms with Gasteiger partial charge in [0.05, 0.1) is 12.2 Å². The van der Waals surface area contributed by atoms with E-state index in [1.165, 1.54) is 19.3 Å². The van der Waals surface area contributed by atoms with Gasteiger partial charge in [-0.1, -0.05) is 26.7 Å². The number of hydrogen-bond acceptors (Lipinski definition) is 3. The summed E-state index contributed by atoms with van der Waals surface area (Å²) < 4.78 is 11.1. The van der Waals surface area contributed by atoms with Gasteiger partial charge < -0.3 is 14.8 Å². The molecule has 3 heteroatoms. The van der Waals surface area contributed by atoms with Crippen LogP contribution in [0, 0.1) is 5.92 Å². The van der Waals surface area contributed by atoms with Gasteiger partial charge in [0, 0.05) is 19.8 Å². The minimum absolute atomic E-state index is 0.250. The van der Waals surface area contributed by atoms with E-state index in [0.717, 1.165) is 25.5 Å². The van der Waals surface area contributed by atoms with Crippen molar-refractivity contribution in [1.82, 2.24) is 5.32 Å². The molecule has 0 spiro atoms. The first-order valence-electron chi connectivity index (χ1n) is 7.06. The van der Waals surface area contributed by atoms with Gasteiger partial charge >= 0.3 is 0 Å². The van der Waals surface area contributed by atoms with Crippen LogP contribution in [0.1, 0.15) is 46.5 Å². The number of rotatable bonds is 9. The van der Waals surface area contributed by atoms with Gasteiger partial charge in [-0.15, -0.1) is 0 Å². The smallest absolute Gasteiger partial charge is 0.0986 e. The maximum Gasteiger partial charge on any atom is 0.0986 e. The van der Waals surface area contributed by atoms with Gasteiger partial charge in [0.15, 0.2) is 0 Å². The van der Waals surface area contributed by atoms with E-state index in [-0.39, 0.29) is 6.10 Å². The maximum atomic E-state index is 5.61. The second kappa shape index (κ2) is 8.06. The number of methoxy groups -OCH3 is 1. The SMILES string of the molecule is CCOC1CC(NCCCCC(C)C)C1OC. The zero-order valence-corrected chi connectivity index (χ0v) is 11.9. The molecule has 1 rings (SSSR count). The Morgan fingerprint density at radius 3 is 2.65 bits per heavy atom. The van der Waals surface area contributed by atoms with Crippen LogP contribution in [-0.2, 0) is 9.47 Å². The first-order chi connectivity index (χ1) is 8.19. The molecule has 0 aromatic carbocycles. The molecule has 3 nitrogen and oxygen atoms in total. The average Bonchev–Trinajstić information content (AvgIpc) is 2.26. The predicted octanol–water partition coefficient (Wildman–Crippen LogP) is 2.59. The van der Waals surface area contributed by atoms with Gasteiger partial charge in [-0.3, -0.25) is 0 Å². The Bertz CT molecular complexity index is 197. The van der Waals surface area contributed by atoms with Crippen LogP contribution in [0.3, 0.4) is 0 Å². The summed E-state index contributed by atoms with van der Waals surface area (Å²) in [5.41, 5.74) is 0. The van der Waals surface area contributed by atoms with E-state index in [0.29, 0.717) is 12.1 Å². The fourth-order valence-corrected chi connectivity index (χ4v) is 2.44. The van der Waals surface area contributed by atoms with E-state index in [9.17, 15) is 0 Å². The minimum Gasteiger partial charge on any atom is -0.377 e. The molecule has 0 aliphatic heterocycles. The Morgan fingerprint density at radius 2 is 2.06 bits per heavy atom. The van der Waals surface area contributed by atoms with E-state index in [1.54, 1.807) is 7.11 Å². The predicted molar refractivity (Wildman–Crippen MR) is 71.3 cm³/mol. The van der Waals surface area contributed by atoms with Crippen LogP contribution in [0.15, 0.2) is 0 Å². The van der Waals surface area contributed by atoms with Crippen molar-refractivity contribution in [1.29, 1.82) is 0 Å². The van der Waals surface area contributed by atoms with E-state index in [2.05, 4.69) is 19.2 Å². The summed E-state index contributed by atoms with van der Waals surface area (Å²) >= 11 is 0. The highest BCUT2D eigenvalue weighted by Gasteiger charge is 2.41. The third-order valence-corrected chi connectivity index (χ3v) is 3.52. The largest absolute Gasteiger partial charge is 0.377 e. The highest BCUT2D eigenvalue weighted by Crippen LogP contribution is 2.26. The number of unbranched alkanes of at least 4 members (excludes halogenated alkanes) is 1. The molecule has 1 aliphatic rings. The van der Waals surface area contributed by atoms with Crippen LogP contribution < -0.4 is 5.32 Å². The number of nitrogens with one attached hydrogen (secondary N) is 1. The maximum absolute atomic E-state index is 5.61. The van der Waals surface area contributed by atoms with E-state index >= 15 is 0 Å². The van der Waals surface area contributed by atoms with Crippen molar-refractivity contribution in [2.75, 3.05) is 20.3 Å². The molecule has 0 saturated heterocycles. The number of ether oxygens (including phenoxy) is 2. The number of hydrogen-bond donors (Lipinski definition) is 1. The van der Waals surface area contributed by atoms with Crippen LogP contribution in [0.5, 0.6) is 0 Å². The van der Waals surface area contributed by atoms with E-state index in [4.69, 9.17) is 9.47 Å². The standard InChI is InChI=1S/C14H29NO2/c1-5-17-13-10-12(14(13)16-4)15-9-7-6-8-11(2)3/h11-15H,5-10H2,1-4H3. The second-order valence-electron chi connectivity index (χ2n) is 5.38. The fraction of sp³-hybridized carbons (Fsp3) is 1.00. The molecule has 3 atom stereocenters. The Morgan fingerprint density at radius 1 is 1.29 bits per heavy atom. The highest BCUT2D eigenvalue weighted by atomic mass is 16.5. The summed E-state index contributed by atoms with van der Waals surface area (Å²) in [6.07, 6.45) is 5.57. The summed E-state index contributed by atoms with van der Waals surface area (Å²) in [5.74, 6) is 0.827. The summed E-state index contributed by atoms with van der Waals surface area (Å²) in [7, 11) is 1.78. The summed E-state index contributed by atoms with van der Waals surface area (Å²) in [6.45, 7) is 8.50. The molecule has 1 N–H and O–H groups in total. The molecule has 1 fully saturated rings. The molecular weight excluding hydrogens is 214 g/mol. The normalized spacial score (nSPS) is 28.4. The van der Waals surface area contributed by atoms with Gasteiger partial charge in [-0.25, -0.2) is 0 Å². The monoisotopic (exact) mass is 243 g/mol. The molecule has 0 radical (unpaired) electrons. The van der Waals surface area contributed by atoms with Gasteiger partial charge in [-0.2, -0.15) is 0 Å². The molecule has 1 aliphatic carbocycles. The summed E-state index contributed by atoms with van der Waals surface area (Å²) in [4.78, 5) is 0. The summed E-state index contributed by atoms with van der Waals surface area (Å²) in [6, 6.07) is 0.496. The fourth-order valence-electron chi connectivity index (χ4n) is 2.44. The molecule has 102 valence electrons. The third-order valence-electron chi connectivity index (χ3n) is 3.52. The first-order valence-corrected chi connectivity index (χ1v) is 7.06. The van der Waals surface area contributed by atoms with Crippen LogP contribution in [0.25, 0.3) is 0 Å². The van der Waals surface area contributed by atoms with Crippen molar-refractivity contribution >= 4 is 0 Å². The Hall–Kier alpha value is -0.120. The quantitative estimate of drug-likeness (QED) is 0.631. The molecule has 1 saturated carbocycles. The van der Waals surface area contributed by atoms with E-state index in [1.807, 2.05) is 6.92 Å². The van der Waals surface area contributed by atoms with Crippen molar-refractivity contribution in [3.63, 3.8) is 0 Å². The van der Waals surface area contributed by atoms with Crippen molar-refractivity contribution in [3.05, 3.63) is 0 Å². The molecule has 0 amide bonds. The van der Waals surface area contributed by atoms with Crippen LogP contribution in [0.2, 0.25) is 0 Å². The molecule has 0 aromatic rings. The lowest BCUT2D eigenvalue weighted by atomic mass is 9.85. The second-order valence-corrected chi connectivity index (χ2v) is 5.38. The molecule has 0 aromatic heterocycles. The topological polar surface area (TPSA) is 30.5 Å². The van der Waals surface area contributed by atoms with Gasteiger partial charge in [-0.05, 0) is 32.2 Å². The lowest BCUT2D eigenvalue weighted by Crippen LogP contribution is -2.59. The van der Waals surface area contributed by atoms with Gasteiger partial charge in [0.2, 0.25) is 0 Å². The zero-order valence-electron chi connectivity index (χ0n) is 11.9. The lowest BCUT2D eigenvalue weighted by molar-refractivity contribution is -0.131. The van der Waals surface area contributed by atoms with Crippen LogP contribution in [-0.4, -0.2) is 38.5 Å². The Kier molecular flexibility index (Phi) is 7.09. The third kappa shape index (κ3) is 4.94. The molecule has 3 unspecified atom stereocenters. The van der Waals surface area contributed by atoms with Gasteiger partial charge in [0.1, 0.15) is 0 Å². The molecule has 17 heavy (non-hydrogen) atoms. The van der Waals surface area contributed by atoms with E-state index < -0.39 is 0 Å². The van der Waals surface area contributed by atoms with Crippen LogP contribution >= 0.6 is 0 Å². The Labute approximate surface area is 106 Å². The van der Waals surface area contributed by atoms with Crippen molar-refractivity contribution in [2.24, 2.45) is 5.92 Å². The Balaban J connectivity index is 2.04. The van der Waals surface area contributed by atoms with Crippen molar-refractivity contribution in [3.8, 4) is 0 Å². The minimum atomic E-state index is 0.250. The van der Waals surface area contributed by atoms with Crippen molar-refractivity contribution < 1.29 is 9.47 Å². The zero-order chi connectivity index (χ0) is 12.7. The summed E-state index contributed by atoms with van der Waals surface area (Å²) in [5, 5.41) is 3.58. The highest BCUT2D eigenvalue weighted by molar-refractivity contribution is 4.96. The van der Waals surface area contributed by atoms with Crippen LogP contribution in [0.4, 0.5) is 0 Å². The van der Waals surface area contributed by atoms with Gasteiger partial charge in [0.25, 0.3) is 0 Å². The van der Waals surface area contributed by atoms with Crippen molar-refractivity contribution in [2.45, 2.75) is 64.7 Å².